The molecular formula is C15H17FN2O. The predicted molar refractivity (Wildman–Crippen MR) is 75.0 cm³/mol. The highest BCUT2D eigenvalue weighted by molar-refractivity contribution is 5.46. The van der Waals surface area contributed by atoms with E-state index in [2.05, 4.69) is 5.32 Å². The van der Waals surface area contributed by atoms with Crippen LogP contribution in [0.3, 0.4) is 0 Å². The lowest BCUT2D eigenvalue weighted by molar-refractivity contribution is 0.386. The summed E-state index contributed by atoms with van der Waals surface area (Å²) in [6, 6.07) is 12.2. The first kappa shape index (κ1) is 13.4. The Morgan fingerprint density at radius 3 is 2.26 bits per heavy atom. The monoisotopic (exact) mass is 260 g/mol. The van der Waals surface area contributed by atoms with Gasteiger partial charge in [-0.2, -0.15) is 0 Å². The summed E-state index contributed by atoms with van der Waals surface area (Å²) in [5.74, 6) is -0.177. The number of ether oxygens (including phenoxy) is 1. The number of benzene rings is 2. The molecule has 19 heavy (non-hydrogen) atoms. The first-order valence-corrected chi connectivity index (χ1v) is 6.02. The standard InChI is InChI=1S/C15H17FN2O/c1-18-12-6-3-10(4-7-12)15(17)11-5-8-14(19-2)13(16)9-11/h3-9,15,18H,17H2,1-2H3. The molecule has 0 aliphatic carbocycles. The van der Waals surface area contributed by atoms with Crippen LogP contribution in [0.15, 0.2) is 42.5 Å². The first-order valence-electron chi connectivity index (χ1n) is 6.02. The molecule has 3 N–H and O–H groups in total. The molecule has 2 rings (SSSR count). The summed E-state index contributed by atoms with van der Waals surface area (Å²) in [6.07, 6.45) is 0. The third-order valence-corrected chi connectivity index (χ3v) is 3.09. The normalized spacial score (nSPS) is 12.0. The molecule has 3 nitrogen and oxygen atoms in total. The molecule has 100 valence electrons. The predicted octanol–water partition coefficient (Wildman–Crippen LogP) is 2.92. The summed E-state index contributed by atoms with van der Waals surface area (Å²) in [4.78, 5) is 0. The fourth-order valence-electron chi connectivity index (χ4n) is 1.93. The van der Waals surface area contributed by atoms with Crippen molar-refractivity contribution in [2.75, 3.05) is 19.5 Å². The van der Waals surface area contributed by atoms with E-state index in [-0.39, 0.29) is 11.8 Å². The van der Waals surface area contributed by atoms with Gasteiger partial charge in [0, 0.05) is 12.7 Å². The maximum Gasteiger partial charge on any atom is 0.165 e. The molecule has 0 saturated heterocycles. The Morgan fingerprint density at radius 2 is 1.74 bits per heavy atom. The van der Waals surface area contributed by atoms with E-state index in [0.717, 1.165) is 16.8 Å². The Kier molecular flexibility index (Phi) is 4.02. The van der Waals surface area contributed by atoms with Gasteiger partial charge in [-0.15, -0.1) is 0 Å². The number of methoxy groups -OCH3 is 1. The second-order valence-electron chi connectivity index (χ2n) is 4.24. The lowest BCUT2D eigenvalue weighted by Gasteiger charge is -2.14. The van der Waals surface area contributed by atoms with E-state index in [0.29, 0.717) is 0 Å². The average Bonchev–Trinajstić information content (AvgIpc) is 2.46. The number of anilines is 1. The van der Waals surface area contributed by atoms with Crippen molar-refractivity contribution in [3.8, 4) is 5.75 Å². The van der Waals surface area contributed by atoms with Crippen LogP contribution in [0.25, 0.3) is 0 Å². The van der Waals surface area contributed by atoms with E-state index in [1.165, 1.54) is 13.2 Å². The van der Waals surface area contributed by atoms with E-state index in [1.807, 2.05) is 31.3 Å². The van der Waals surface area contributed by atoms with E-state index < -0.39 is 5.82 Å². The minimum atomic E-state index is -0.401. The van der Waals surface area contributed by atoms with Gasteiger partial charge in [-0.1, -0.05) is 18.2 Å². The number of rotatable bonds is 4. The molecule has 0 aliphatic rings. The molecule has 0 spiro atoms. The van der Waals surface area contributed by atoms with Gasteiger partial charge in [0.2, 0.25) is 0 Å². The molecule has 2 aromatic rings. The number of nitrogens with two attached hydrogens (primary N) is 1. The maximum absolute atomic E-state index is 13.7. The molecule has 4 heteroatoms. The van der Waals surface area contributed by atoms with Gasteiger partial charge in [-0.25, -0.2) is 4.39 Å². The largest absolute Gasteiger partial charge is 0.494 e. The van der Waals surface area contributed by atoms with Gasteiger partial charge in [0.25, 0.3) is 0 Å². The van der Waals surface area contributed by atoms with Gasteiger partial charge in [-0.3, -0.25) is 0 Å². The molecule has 1 unspecified atom stereocenters. The van der Waals surface area contributed by atoms with Crippen LogP contribution in [0.5, 0.6) is 5.75 Å². The van der Waals surface area contributed by atoms with Gasteiger partial charge in [0.05, 0.1) is 13.2 Å². The highest BCUT2D eigenvalue weighted by Crippen LogP contribution is 2.25. The Morgan fingerprint density at radius 1 is 1.11 bits per heavy atom. The molecule has 2 aromatic carbocycles. The fourth-order valence-corrected chi connectivity index (χ4v) is 1.93. The molecule has 1 atom stereocenters. The van der Waals surface area contributed by atoms with Crippen molar-refractivity contribution in [3.05, 3.63) is 59.4 Å². The molecule has 0 saturated carbocycles. The molecule has 0 aromatic heterocycles. The third-order valence-electron chi connectivity index (χ3n) is 3.09. The zero-order chi connectivity index (χ0) is 13.8. The van der Waals surface area contributed by atoms with Crippen LogP contribution in [-0.2, 0) is 0 Å². The Hall–Kier alpha value is -2.07. The van der Waals surface area contributed by atoms with Crippen molar-refractivity contribution in [2.45, 2.75) is 6.04 Å². The van der Waals surface area contributed by atoms with Crippen molar-refractivity contribution in [2.24, 2.45) is 5.73 Å². The van der Waals surface area contributed by atoms with E-state index in [9.17, 15) is 4.39 Å². The molecule has 0 amide bonds. The topological polar surface area (TPSA) is 47.3 Å². The van der Waals surface area contributed by atoms with Crippen molar-refractivity contribution in [1.29, 1.82) is 0 Å². The van der Waals surface area contributed by atoms with Crippen molar-refractivity contribution >= 4 is 5.69 Å². The highest BCUT2D eigenvalue weighted by Gasteiger charge is 2.11. The first-order chi connectivity index (χ1) is 9.15. The summed E-state index contributed by atoms with van der Waals surface area (Å²) in [6.45, 7) is 0. The molecule has 0 bridgehead atoms. The molecule has 0 heterocycles. The summed E-state index contributed by atoms with van der Waals surface area (Å²) >= 11 is 0. The van der Waals surface area contributed by atoms with Gasteiger partial charge in [0.15, 0.2) is 11.6 Å². The highest BCUT2D eigenvalue weighted by atomic mass is 19.1. The quantitative estimate of drug-likeness (QED) is 0.888. The van der Waals surface area contributed by atoms with Crippen molar-refractivity contribution < 1.29 is 9.13 Å². The van der Waals surface area contributed by atoms with Crippen molar-refractivity contribution in [1.82, 2.24) is 0 Å². The Balaban J connectivity index is 2.27. The van der Waals surface area contributed by atoms with Crippen LogP contribution >= 0.6 is 0 Å². The molecule has 0 fully saturated rings. The fraction of sp³-hybridized carbons (Fsp3) is 0.200. The molecule has 0 radical (unpaired) electrons. The maximum atomic E-state index is 13.7. The lowest BCUT2D eigenvalue weighted by Crippen LogP contribution is -2.12. The SMILES string of the molecule is CNc1ccc(C(N)c2ccc(OC)c(F)c2)cc1. The summed E-state index contributed by atoms with van der Waals surface area (Å²) in [5.41, 5.74) is 8.80. The van der Waals surface area contributed by atoms with Crippen LogP contribution in [-0.4, -0.2) is 14.2 Å². The minimum Gasteiger partial charge on any atom is -0.494 e. The summed E-state index contributed by atoms with van der Waals surface area (Å²) in [5, 5.41) is 3.04. The van der Waals surface area contributed by atoms with Crippen LogP contribution in [0.2, 0.25) is 0 Å². The van der Waals surface area contributed by atoms with Gasteiger partial charge >= 0.3 is 0 Å². The Labute approximate surface area is 112 Å². The van der Waals surface area contributed by atoms with Crippen LogP contribution in [0, 0.1) is 5.82 Å². The molecule has 0 aliphatic heterocycles. The number of nitrogens with one attached hydrogen (secondary N) is 1. The van der Waals surface area contributed by atoms with E-state index in [4.69, 9.17) is 10.5 Å². The zero-order valence-corrected chi connectivity index (χ0v) is 11.0. The second-order valence-corrected chi connectivity index (χ2v) is 4.24. The summed E-state index contributed by atoms with van der Waals surface area (Å²) in [7, 11) is 3.29. The van der Waals surface area contributed by atoms with E-state index in [1.54, 1.807) is 12.1 Å². The number of hydrogen-bond acceptors (Lipinski definition) is 3. The average molecular weight is 260 g/mol. The van der Waals surface area contributed by atoms with Gasteiger partial charge < -0.3 is 15.8 Å². The number of halogens is 1. The van der Waals surface area contributed by atoms with Gasteiger partial charge in [-0.05, 0) is 35.4 Å². The van der Waals surface area contributed by atoms with Crippen LogP contribution < -0.4 is 15.8 Å². The van der Waals surface area contributed by atoms with Crippen molar-refractivity contribution in [3.63, 3.8) is 0 Å². The number of hydrogen-bond donors (Lipinski definition) is 2. The molecular weight excluding hydrogens is 243 g/mol. The van der Waals surface area contributed by atoms with Crippen LogP contribution in [0.4, 0.5) is 10.1 Å². The second kappa shape index (κ2) is 5.71. The minimum absolute atomic E-state index is 0.224. The van der Waals surface area contributed by atoms with Crippen LogP contribution in [0.1, 0.15) is 17.2 Å². The smallest absolute Gasteiger partial charge is 0.165 e. The zero-order valence-electron chi connectivity index (χ0n) is 11.0. The third kappa shape index (κ3) is 2.85. The Bertz CT molecular complexity index is 555. The lowest BCUT2D eigenvalue weighted by atomic mass is 9.99. The van der Waals surface area contributed by atoms with Gasteiger partial charge in [0.1, 0.15) is 0 Å². The van der Waals surface area contributed by atoms with E-state index >= 15 is 0 Å². The summed E-state index contributed by atoms with van der Waals surface area (Å²) < 4.78 is 18.5.